The smallest absolute Gasteiger partial charge is 0.407 e. The molecule has 0 radical (unpaired) electrons. The molecule has 0 aliphatic heterocycles. The largest absolute Gasteiger partial charge is 0.445 e. The van der Waals surface area contributed by atoms with Gasteiger partial charge in [-0.15, -0.1) is 11.3 Å². The van der Waals surface area contributed by atoms with Crippen molar-refractivity contribution in [2.24, 2.45) is 0 Å². The number of rotatable bonds is 7. The van der Waals surface area contributed by atoms with Crippen molar-refractivity contribution in [1.29, 1.82) is 0 Å². The van der Waals surface area contributed by atoms with Gasteiger partial charge >= 0.3 is 6.09 Å². The number of thiophene rings is 1. The van der Waals surface area contributed by atoms with E-state index in [4.69, 9.17) is 16.3 Å². The Morgan fingerprint density at radius 1 is 1.04 bits per heavy atom. The number of sulfone groups is 1. The van der Waals surface area contributed by atoms with Crippen LogP contribution in [0.15, 0.2) is 77.0 Å². The van der Waals surface area contributed by atoms with Gasteiger partial charge < -0.3 is 10.1 Å². The summed E-state index contributed by atoms with van der Waals surface area (Å²) in [6.07, 6.45) is -0.670. The van der Waals surface area contributed by atoms with Gasteiger partial charge in [0.05, 0.1) is 4.90 Å². The minimum atomic E-state index is -3.72. The second-order valence-electron chi connectivity index (χ2n) is 5.95. The molecule has 1 amide bonds. The van der Waals surface area contributed by atoms with Crippen LogP contribution in [0.5, 0.6) is 0 Å². The molecule has 0 spiro atoms. The lowest BCUT2D eigenvalue weighted by atomic mass is 10.2. The molecule has 0 saturated heterocycles. The molecule has 3 aromatic rings. The number of benzene rings is 2. The van der Waals surface area contributed by atoms with Gasteiger partial charge in [0.15, 0.2) is 9.84 Å². The molecule has 1 heterocycles. The molecule has 1 atom stereocenters. The monoisotopic (exact) mass is 435 g/mol. The highest BCUT2D eigenvalue weighted by Gasteiger charge is 2.30. The van der Waals surface area contributed by atoms with Gasteiger partial charge in [-0.3, -0.25) is 0 Å². The molecular formula is C20H18ClNO4S2. The standard InChI is InChI=1S/C20H18ClNO4S2/c21-16-8-10-17(11-9-16)28(24,25)19(18-7-4-12-27-18)13-22-20(23)26-14-15-5-2-1-3-6-15/h1-12,19H,13-14H2,(H,22,23)/t19-/m0/s1. The quantitative estimate of drug-likeness (QED) is 0.576. The topological polar surface area (TPSA) is 72.5 Å². The Morgan fingerprint density at radius 2 is 1.75 bits per heavy atom. The van der Waals surface area contributed by atoms with E-state index < -0.39 is 21.2 Å². The Bertz CT molecular complexity index is 1000. The summed E-state index contributed by atoms with van der Waals surface area (Å²) >= 11 is 7.18. The summed E-state index contributed by atoms with van der Waals surface area (Å²) in [5.74, 6) is 0. The highest BCUT2D eigenvalue weighted by atomic mass is 35.5. The number of amides is 1. The molecule has 5 nitrogen and oxygen atoms in total. The van der Waals surface area contributed by atoms with Gasteiger partial charge in [0.25, 0.3) is 0 Å². The van der Waals surface area contributed by atoms with Gasteiger partial charge in [-0.1, -0.05) is 48.0 Å². The normalized spacial score (nSPS) is 12.3. The summed E-state index contributed by atoms with van der Waals surface area (Å²) in [5.41, 5.74) is 0.848. The first-order valence-electron chi connectivity index (χ1n) is 8.44. The van der Waals surface area contributed by atoms with E-state index in [-0.39, 0.29) is 18.0 Å². The fraction of sp³-hybridized carbons (Fsp3) is 0.150. The number of hydrogen-bond acceptors (Lipinski definition) is 5. The van der Waals surface area contributed by atoms with E-state index in [1.807, 2.05) is 30.3 Å². The summed E-state index contributed by atoms with van der Waals surface area (Å²) in [6.45, 7) is 0.0133. The third-order valence-electron chi connectivity index (χ3n) is 4.02. The van der Waals surface area contributed by atoms with Crippen molar-refractivity contribution in [3.05, 3.63) is 87.6 Å². The first-order valence-corrected chi connectivity index (χ1v) is 11.2. The zero-order valence-corrected chi connectivity index (χ0v) is 17.1. The Morgan fingerprint density at radius 3 is 2.39 bits per heavy atom. The Kier molecular flexibility index (Phi) is 6.72. The molecule has 1 N–H and O–H groups in total. The Balaban J connectivity index is 1.71. The van der Waals surface area contributed by atoms with Gasteiger partial charge in [-0.25, -0.2) is 13.2 Å². The van der Waals surface area contributed by atoms with E-state index in [9.17, 15) is 13.2 Å². The fourth-order valence-electron chi connectivity index (χ4n) is 2.58. The van der Waals surface area contributed by atoms with E-state index >= 15 is 0 Å². The lowest BCUT2D eigenvalue weighted by Crippen LogP contribution is -2.32. The van der Waals surface area contributed by atoms with Crippen LogP contribution in [0.2, 0.25) is 5.02 Å². The molecule has 1 aromatic heterocycles. The second-order valence-corrected chi connectivity index (χ2v) is 9.49. The van der Waals surface area contributed by atoms with E-state index in [2.05, 4.69) is 5.32 Å². The van der Waals surface area contributed by atoms with Crippen LogP contribution >= 0.6 is 22.9 Å². The number of hydrogen-bond donors (Lipinski definition) is 1. The fourth-order valence-corrected chi connectivity index (χ4v) is 5.49. The van der Waals surface area contributed by atoms with Crippen molar-refractivity contribution < 1.29 is 17.9 Å². The summed E-state index contributed by atoms with van der Waals surface area (Å²) in [7, 11) is -3.72. The molecule has 146 valence electrons. The van der Waals surface area contributed by atoms with Crippen LogP contribution in [0.3, 0.4) is 0 Å². The highest BCUT2D eigenvalue weighted by Crippen LogP contribution is 2.31. The SMILES string of the molecule is O=C(NC[C@@H](c1cccs1)S(=O)(=O)c1ccc(Cl)cc1)OCc1ccccc1. The maximum Gasteiger partial charge on any atom is 0.407 e. The van der Waals surface area contributed by atoms with Gasteiger partial charge in [-0.05, 0) is 41.3 Å². The number of alkyl carbamates (subject to hydrolysis) is 1. The minimum Gasteiger partial charge on any atom is -0.445 e. The molecule has 0 fully saturated rings. The predicted molar refractivity (Wildman–Crippen MR) is 110 cm³/mol. The van der Waals surface area contributed by atoms with Crippen molar-refractivity contribution in [3.8, 4) is 0 Å². The van der Waals surface area contributed by atoms with E-state index in [0.717, 1.165) is 5.56 Å². The average Bonchev–Trinajstić information content (AvgIpc) is 3.22. The van der Waals surface area contributed by atoms with Crippen LogP contribution in [-0.2, 0) is 21.2 Å². The molecule has 8 heteroatoms. The number of carbonyl (C=O) groups excluding carboxylic acids is 1. The Hall–Kier alpha value is -2.35. The lowest BCUT2D eigenvalue weighted by molar-refractivity contribution is 0.139. The summed E-state index contributed by atoms with van der Waals surface area (Å²) in [6, 6.07) is 18.7. The molecule has 0 saturated carbocycles. The van der Waals surface area contributed by atoms with Gasteiger partial charge in [0, 0.05) is 16.4 Å². The van der Waals surface area contributed by atoms with Crippen molar-refractivity contribution >= 4 is 38.9 Å². The zero-order valence-electron chi connectivity index (χ0n) is 14.7. The minimum absolute atomic E-state index is 0.0981. The molecule has 0 aliphatic carbocycles. The maximum absolute atomic E-state index is 13.1. The van der Waals surface area contributed by atoms with Gasteiger partial charge in [0.2, 0.25) is 0 Å². The third-order valence-corrected chi connectivity index (χ3v) is 7.51. The van der Waals surface area contributed by atoms with Crippen molar-refractivity contribution in [2.45, 2.75) is 16.8 Å². The number of carbonyl (C=O) groups is 1. The van der Waals surface area contributed by atoms with Crippen LogP contribution in [0.25, 0.3) is 0 Å². The average molecular weight is 436 g/mol. The van der Waals surface area contributed by atoms with E-state index in [0.29, 0.717) is 9.90 Å². The summed E-state index contributed by atoms with van der Waals surface area (Å²) in [4.78, 5) is 12.8. The van der Waals surface area contributed by atoms with Crippen LogP contribution in [0.1, 0.15) is 15.7 Å². The first-order chi connectivity index (χ1) is 13.5. The van der Waals surface area contributed by atoms with Crippen LogP contribution in [-0.4, -0.2) is 21.1 Å². The van der Waals surface area contributed by atoms with Gasteiger partial charge in [0.1, 0.15) is 11.9 Å². The van der Waals surface area contributed by atoms with Crippen LogP contribution in [0, 0.1) is 0 Å². The zero-order chi connectivity index (χ0) is 20.0. The van der Waals surface area contributed by atoms with Crippen LogP contribution < -0.4 is 5.32 Å². The van der Waals surface area contributed by atoms with E-state index in [1.165, 1.54) is 35.6 Å². The van der Waals surface area contributed by atoms with Crippen LogP contribution in [0.4, 0.5) is 4.79 Å². The lowest BCUT2D eigenvalue weighted by Gasteiger charge is -2.17. The number of ether oxygens (including phenoxy) is 1. The van der Waals surface area contributed by atoms with Gasteiger partial charge in [-0.2, -0.15) is 0 Å². The molecule has 2 aromatic carbocycles. The third kappa shape index (κ3) is 5.13. The second kappa shape index (κ2) is 9.23. The molecule has 0 aliphatic rings. The van der Waals surface area contributed by atoms with Crippen molar-refractivity contribution in [1.82, 2.24) is 5.32 Å². The molecule has 0 bridgehead atoms. The molecule has 28 heavy (non-hydrogen) atoms. The van der Waals surface area contributed by atoms with Crippen molar-refractivity contribution in [3.63, 3.8) is 0 Å². The molecular weight excluding hydrogens is 418 g/mol. The van der Waals surface area contributed by atoms with E-state index in [1.54, 1.807) is 17.5 Å². The Labute approximate surface area is 172 Å². The highest BCUT2D eigenvalue weighted by molar-refractivity contribution is 7.91. The predicted octanol–water partition coefficient (Wildman–Crippen LogP) is 4.84. The summed E-state index contributed by atoms with van der Waals surface area (Å²) in [5, 5.41) is 3.90. The maximum atomic E-state index is 13.1. The number of halogens is 1. The van der Waals surface area contributed by atoms with Crippen molar-refractivity contribution in [2.75, 3.05) is 6.54 Å². The molecule has 0 unspecified atom stereocenters. The summed E-state index contributed by atoms with van der Waals surface area (Å²) < 4.78 is 31.4. The number of nitrogens with one attached hydrogen (secondary N) is 1. The molecule has 3 rings (SSSR count). The first kappa shape index (κ1) is 20.4.